The number of benzene rings is 1. The van der Waals surface area contributed by atoms with Crippen LogP contribution in [-0.2, 0) is 17.8 Å². The topological polar surface area (TPSA) is 120 Å². The average Bonchev–Trinajstić information content (AvgIpc) is 2.85. The van der Waals surface area contributed by atoms with E-state index in [2.05, 4.69) is 10.3 Å². The molecule has 0 aliphatic carbocycles. The maximum atomic E-state index is 10.8. The van der Waals surface area contributed by atoms with Crippen LogP contribution >= 0.6 is 0 Å². The summed E-state index contributed by atoms with van der Waals surface area (Å²) in [7, 11) is 1.46. The average molecular weight is 292 g/mol. The van der Waals surface area contributed by atoms with Crippen molar-refractivity contribution in [1.82, 2.24) is 15.0 Å². The van der Waals surface area contributed by atoms with Crippen molar-refractivity contribution < 1.29 is 19.6 Å². The van der Waals surface area contributed by atoms with Gasteiger partial charge in [0.05, 0.1) is 30.7 Å². The molecular formula is C12H12N4O5. The van der Waals surface area contributed by atoms with Gasteiger partial charge in [0.1, 0.15) is 5.75 Å². The Morgan fingerprint density at radius 2 is 2.29 bits per heavy atom. The molecule has 1 aromatic heterocycles. The lowest BCUT2D eigenvalue weighted by atomic mass is 10.1. The van der Waals surface area contributed by atoms with Crippen molar-refractivity contribution in [2.75, 3.05) is 7.11 Å². The van der Waals surface area contributed by atoms with E-state index in [9.17, 15) is 14.9 Å². The minimum Gasteiger partial charge on any atom is -0.496 e. The molecule has 1 heterocycles. The molecule has 21 heavy (non-hydrogen) atoms. The highest BCUT2D eigenvalue weighted by Crippen LogP contribution is 2.24. The van der Waals surface area contributed by atoms with E-state index in [0.717, 1.165) is 0 Å². The van der Waals surface area contributed by atoms with Crippen LogP contribution in [0.25, 0.3) is 0 Å². The molecule has 0 unspecified atom stereocenters. The Hall–Kier alpha value is -2.97. The second-order valence-corrected chi connectivity index (χ2v) is 4.23. The quantitative estimate of drug-likeness (QED) is 0.619. The van der Waals surface area contributed by atoms with Crippen LogP contribution in [0.4, 0.5) is 5.69 Å². The van der Waals surface area contributed by atoms with Gasteiger partial charge in [0.25, 0.3) is 5.69 Å². The SMILES string of the molecule is COc1ccc([N+](=O)[O-])cc1Cn1cc(CC(=O)O)nn1. The molecule has 0 saturated carbocycles. The zero-order valence-electron chi connectivity index (χ0n) is 11.1. The van der Waals surface area contributed by atoms with E-state index in [1.807, 2.05) is 0 Å². The summed E-state index contributed by atoms with van der Waals surface area (Å²) in [5, 5.41) is 27.0. The van der Waals surface area contributed by atoms with E-state index < -0.39 is 10.9 Å². The summed E-state index contributed by atoms with van der Waals surface area (Å²) in [5.74, 6) is -0.522. The number of methoxy groups -OCH3 is 1. The molecule has 0 fully saturated rings. The van der Waals surface area contributed by atoms with Gasteiger partial charge in [-0.1, -0.05) is 5.21 Å². The van der Waals surface area contributed by atoms with Crippen LogP contribution in [0.1, 0.15) is 11.3 Å². The number of hydrogen-bond donors (Lipinski definition) is 1. The molecule has 0 radical (unpaired) electrons. The fourth-order valence-corrected chi connectivity index (χ4v) is 1.83. The molecule has 1 N–H and O–H groups in total. The molecule has 110 valence electrons. The number of non-ortho nitro benzene ring substituents is 1. The predicted octanol–water partition coefficient (Wildman–Crippen LogP) is 0.870. The number of nitro groups is 1. The van der Waals surface area contributed by atoms with Gasteiger partial charge in [-0.05, 0) is 6.07 Å². The Morgan fingerprint density at radius 3 is 2.90 bits per heavy atom. The van der Waals surface area contributed by atoms with E-state index >= 15 is 0 Å². The number of ether oxygens (including phenoxy) is 1. The van der Waals surface area contributed by atoms with Gasteiger partial charge in [0.15, 0.2) is 0 Å². The third-order valence-electron chi connectivity index (χ3n) is 2.73. The molecule has 1 aromatic carbocycles. The van der Waals surface area contributed by atoms with E-state index in [4.69, 9.17) is 9.84 Å². The number of aromatic nitrogens is 3. The first-order valence-electron chi connectivity index (χ1n) is 5.91. The summed E-state index contributed by atoms with van der Waals surface area (Å²) < 4.78 is 6.55. The summed E-state index contributed by atoms with van der Waals surface area (Å²) in [5.41, 5.74) is 0.807. The summed E-state index contributed by atoms with van der Waals surface area (Å²) in [6, 6.07) is 4.24. The van der Waals surface area contributed by atoms with Crippen LogP contribution in [0.5, 0.6) is 5.75 Å². The molecule has 0 spiro atoms. The minimum atomic E-state index is -1.00. The van der Waals surface area contributed by atoms with Crippen LogP contribution in [0.15, 0.2) is 24.4 Å². The predicted molar refractivity (Wildman–Crippen MR) is 70.1 cm³/mol. The standard InChI is InChI=1S/C12H12N4O5/c1-21-11-3-2-10(16(19)20)4-8(11)6-15-7-9(13-14-15)5-12(17)18/h2-4,7H,5-6H2,1H3,(H,17,18). The fourth-order valence-electron chi connectivity index (χ4n) is 1.83. The van der Waals surface area contributed by atoms with Crippen molar-refractivity contribution in [3.05, 3.63) is 45.8 Å². The third kappa shape index (κ3) is 3.53. The molecular weight excluding hydrogens is 280 g/mol. The highest BCUT2D eigenvalue weighted by atomic mass is 16.6. The summed E-state index contributed by atoms with van der Waals surface area (Å²) in [6.07, 6.45) is 1.25. The van der Waals surface area contributed by atoms with E-state index in [1.165, 1.54) is 36.2 Å². The molecule has 9 nitrogen and oxygen atoms in total. The number of carboxylic acid groups (broad SMARTS) is 1. The van der Waals surface area contributed by atoms with Crippen molar-refractivity contribution in [2.45, 2.75) is 13.0 Å². The first-order chi connectivity index (χ1) is 9.99. The first-order valence-corrected chi connectivity index (χ1v) is 5.91. The van der Waals surface area contributed by atoms with Gasteiger partial charge in [-0.2, -0.15) is 0 Å². The number of aliphatic carboxylic acids is 1. The maximum Gasteiger partial charge on any atom is 0.309 e. The Kier molecular flexibility index (Phi) is 4.12. The molecule has 0 atom stereocenters. The van der Waals surface area contributed by atoms with Gasteiger partial charge < -0.3 is 9.84 Å². The number of carboxylic acids is 1. The van der Waals surface area contributed by atoms with Gasteiger partial charge in [0, 0.05) is 23.9 Å². The van der Waals surface area contributed by atoms with Crippen molar-refractivity contribution in [1.29, 1.82) is 0 Å². The second-order valence-electron chi connectivity index (χ2n) is 4.23. The Balaban J connectivity index is 2.25. The van der Waals surface area contributed by atoms with Crippen molar-refractivity contribution in [2.24, 2.45) is 0 Å². The highest BCUT2D eigenvalue weighted by Gasteiger charge is 2.13. The van der Waals surface area contributed by atoms with Crippen molar-refractivity contribution in [3.63, 3.8) is 0 Å². The van der Waals surface area contributed by atoms with Crippen LogP contribution in [0.3, 0.4) is 0 Å². The number of nitro benzene ring substituents is 1. The van der Waals surface area contributed by atoms with Crippen LogP contribution in [0.2, 0.25) is 0 Å². The Morgan fingerprint density at radius 1 is 1.52 bits per heavy atom. The fraction of sp³-hybridized carbons (Fsp3) is 0.250. The van der Waals surface area contributed by atoms with Gasteiger partial charge in [-0.25, -0.2) is 4.68 Å². The molecule has 0 saturated heterocycles. The normalized spacial score (nSPS) is 10.3. The van der Waals surface area contributed by atoms with E-state index in [1.54, 1.807) is 0 Å². The summed E-state index contributed by atoms with van der Waals surface area (Å²) >= 11 is 0. The van der Waals surface area contributed by atoms with E-state index in [-0.39, 0.29) is 18.7 Å². The zero-order valence-corrected chi connectivity index (χ0v) is 11.1. The van der Waals surface area contributed by atoms with Crippen LogP contribution in [-0.4, -0.2) is 38.1 Å². The zero-order chi connectivity index (χ0) is 15.4. The highest BCUT2D eigenvalue weighted by molar-refractivity contribution is 5.69. The molecule has 2 rings (SSSR count). The van der Waals surface area contributed by atoms with Crippen molar-refractivity contribution >= 4 is 11.7 Å². The van der Waals surface area contributed by atoms with Gasteiger partial charge >= 0.3 is 5.97 Å². The minimum absolute atomic E-state index is 0.0586. The van der Waals surface area contributed by atoms with Crippen LogP contribution < -0.4 is 4.74 Å². The maximum absolute atomic E-state index is 10.8. The summed E-state index contributed by atoms with van der Waals surface area (Å²) in [4.78, 5) is 20.9. The van der Waals surface area contributed by atoms with Gasteiger partial charge in [0.2, 0.25) is 0 Å². The summed E-state index contributed by atoms with van der Waals surface area (Å²) in [6.45, 7) is 0.192. The largest absolute Gasteiger partial charge is 0.496 e. The molecule has 0 aliphatic rings. The Bertz CT molecular complexity index is 682. The lowest BCUT2D eigenvalue weighted by molar-refractivity contribution is -0.384. The molecule has 0 amide bonds. The lowest BCUT2D eigenvalue weighted by Crippen LogP contribution is -2.03. The number of hydrogen-bond acceptors (Lipinski definition) is 6. The number of carbonyl (C=O) groups is 1. The number of rotatable bonds is 6. The van der Waals surface area contributed by atoms with Gasteiger partial charge in [-0.15, -0.1) is 5.10 Å². The smallest absolute Gasteiger partial charge is 0.309 e. The molecule has 9 heteroatoms. The van der Waals surface area contributed by atoms with Crippen molar-refractivity contribution in [3.8, 4) is 5.75 Å². The lowest BCUT2D eigenvalue weighted by Gasteiger charge is -2.07. The molecule has 0 aliphatic heterocycles. The second kappa shape index (κ2) is 5.99. The third-order valence-corrected chi connectivity index (χ3v) is 2.73. The number of nitrogens with zero attached hydrogens (tertiary/aromatic N) is 4. The monoisotopic (exact) mass is 292 g/mol. The molecule has 0 bridgehead atoms. The molecule has 2 aromatic rings. The van der Waals surface area contributed by atoms with Gasteiger partial charge in [-0.3, -0.25) is 14.9 Å². The van der Waals surface area contributed by atoms with E-state index in [0.29, 0.717) is 17.0 Å². The Labute approximate surface area is 118 Å². The first kappa shape index (κ1) is 14.4. The van der Waals surface area contributed by atoms with Crippen LogP contribution in [0, 0.1) is 10.1 Å².